The summed E-state index contributed by atoms with van der Waals surface area (Å²) in [5.74, 6) is 0.132. The van der Waals surface area contributed by atoms with Crippen molar-refractivity contribution in [2.45, 2.75) is 32.7 Å². The quantitative estimate of drug-likeness (QED) is 0.714. The van der Waals surface area contributed by atoms with Gasteiger partial charge in [-0.15, -0.1) is 0 Å². The zero-order valence-electron chi connectivity index (χ0n) is 8.74. The lowest BCUT2D eigenvalue weighted by molar-refractivity contribution is 0.138. The van der Waals surface area contributed by atoms with Crippen LogP contribution in [-0.2, 0) is 10.0 Å². The van der Waals surface area contributed by atoms with Crippen LogP contribution >= 0.6 is 0 Å². The largest absolute Gasteiger partial charge is 0.394 e. The molecular formula is C8H19NO3S. The molecule has 0 aliphatic rings. The van der Waals surface area contributed by atoms with Crippen LogP contribution in [0.3, 0.4) is 0 Å². The van der Waals surface area contributed by atoms with Crippen LogP contribution in [0.5, 0.6) is 0 Å². The lowest BCUT2D eigenvalue weighted by Gasteiger charge is -2.32. The van der Waals surface area contributed by atoms with Crippen molar-refractivity contribution >= 4 is 10.0 Å². The van der Waals surface area contributed by atoms with Crippen molar-refractivity contribution in [2.75, 3.05) is 19.4 Å². The zero-order valence-corrected chi connectivity index (χ0v) is 9.56. The standard InChI is InChI=1S/C8H19NO3S/c1-5-6-13(11,12)9(4)8(2,3)7-10/h10H,5-7H2,1-4H3. The number of hydrogen-bond acceptors (Lipinski definition) is 3. The molecule has 0 aromatic carbocycles. The summed E-state index contributed by atoms with van der Waals surface area (Å²) in [4.78, 5) is 0. The van der Waals surface area contributed by atoms with Crippen molar-refractivity contribution in [2.24, 2.45) is 0 Å². The van der Waals surface area contributed by atoms with Crippen LogP contribution in [0.25, 0.3) is 0 Å². The summed E-state index contributed by atoms with van der Waals surface area (Å²) < 4.78 is 24.3. The first kappa shape index (κ1) is 12.9. The fraction of sp³-hybridized carbons (Fsp3) is 1.00. The van der Waals surface area contributed by atoms with Gasteiger partial charge < -0.3 is 5.11 Å². The monoisotopic (exact) mass is 209 g/mol. The number of aliphatic hydroxyl groups is 1. The van der Waals surface area contributed by atoms with Crippen LogP contribution in [0.1, 0.15) is 27.2 Å². The molecule has 0 aromatic rings. The van der Waals surface area contributed by atoms with E-state index in [0.29, 0.717) is 6.42 Å². The van der Waals surface area contributed by atoms with E-state index >= 15 is 0 Å². The minimum atomic E-state index is -3.21. The predicted molar refractivity (Wildman–Crippen MR) is 53.0 cm³/mol. The van der Waals surface area contributed by atoms with E-state index in [2.05, 4.69) is 0 Å². The van der Waals surface area contributed by atoms with Crippen LogP contribution in [0.4, 0.5) is 0 Å². The molecule has 13 heavy (non-hydrogen) atoms. The molecule has 0 aliphatic heterocycles. The minimum absolute atomic E-state index is 0.132. The van der Waals surface area contributed by atoms with Gasteiger partial charge in [0.05, 0.1) is 17.9 Å². The van der Waals surface area contributed by atoms with E-state index in [0.717, 1.165) is 0 Å². The van der Waals surface area contributed by atoms with E-state index in [-0.39, 0.29) is 12.4 Å². The Morgan fingerprint density at radius 1 is 1.38 bits per heavy atom. The molecule has 0 spiro atoms. The van der Waals surface area contributed by atoms with Crippen molar-refractivity contribution in [1.82, 2.24) is 4.31 Å². The van der Waals surface area contributed by atoms with Gasteiger partial charge >= 0.3 is 0 Å². The Labute approximate surface area is 80.6 Å². The van der Waals surface area contributed by atoms with Gasteiger partial charge in [0.2, 0.25) is 10.0 Å². The van der Waals surface area contributed by atoms with E-state index in [4.69, 9.17) is 5.11 Å². The summed E-state index contributed by atoms with van der Waals surface area (Å²) in [6, 6.07) is 0. The molecule has 0 rings (SSSR count). The third-order valence-corrected chi connectivity index (χ3v) is 4.37. The molecule has 0 atom stereocenters. The molecule has 0 bridgehead atoms. The third kappa shape index (κ3) is 3.25. The van der Waals surface area contributed by atoms with Gasteiger partial charge in [0.1, 0.15) is 0 Å². The summed E-state index contributed by atoms with van der Waals surface area (Å²) in [5, 5.41) is 8.99. The Balaban J connectivity index is 4.69. The average Bonchev–Trinajstić information content (AvgIpc) is 2.03. The highest BCUT2D eigenvalue weighted by atomic mass is 32.2. The first-order valence-corrected chi connectivity index (χ1v) is 5.96. The minimum Gasteiger partial charge on any atom is -0.394 e. The lowest BCUT2D eigenvalue weighted by Crippen LogP contribution is -2.48. The molecule has 0 heterocycles. The fourth-order valence-electron chi connectivity index (χ4n) is 0.871. The van der Waals surface area contributed by atoms with E-state index in [1.165, 1.54) is 11.4 Å². The number of nitrogens with zero attached hydrogens (tertiary/aromatic N) is 1. The summed E-state index contributed by atoms with van der Waals surface area (Å²) in [5.41, 5.74) is -0.714. The van der Waals surface area contributed by atoms with E-state index in [9.17, 15) is 8.42 Å². The molecule has 0 fully saturated rings. The Morgan fingerprint density at radius 3 is 2.15 bits per heavy atom. The van der Waals surface area contributed by atoms with Gasteiger partial charge in [0.25, 0.3) is 0 Å². The maximum atomic E-state index is 11.6. The molecule has 0 aromatic heterocycles. The van der Waals surface area contributed by atoms with Crippen LogP contribution in [0, 0.1) is 0 Å². The zero-order chi connectivity index (χ0) is 10.7. The highest BCUT2D eigenvalue weighted by molar-refractivity contribution is 7.89. The summed E-state index contributed by atoms with van der Waals surface area (Å²) in [7, 11) is -1.71. The number of likely N-dealkylation sites (N-methyl/N-ethyl adjacent to an activating group) is 1. The van der Waals surface area contributed by atoms with Gasteiger partial charge in [-0.05, 0) is 20.3 Å². The smallest absolute Gasteiger partial charge is 0.214 e. The topological polar surface area (TPSA) is 57.6 Å². The van der Waals surface area contributed by atoms with Gasteiger partial charge in [0.15, 0.2) is 0 Å². The Bertz CT molecular complexity index is 246. The molecule has 0 unspecified atom stereocenters. The maximum Gasteiger partial charge on any atom is 0.214 e. The summed E-state index contributed by atoms with van der Waals surface area (Å²) in [6.07, 6.45) is 0.591. The van der Waals surface area contributed by atoms with Crippen LogP contribution in [-0.4, -0.2) is 42.8 Å². The normalized spacial score (nSPS) is 13.7. The molecule has 0 amide bonds. The maximum absolute atomic E-state index is 11.6. The van der Waals surface area contributed by atoms with Gasteiger partial charge in [-0.1, -0.05) is 6.92 Å². The summed E-state index contributed by atoms with van der Waals surface area (Å²) >= 11 is 0. The van der Waals surface area contributed by atoms with E-state index in [1.807, 2.05) is 6.92 Å². The number of aliphatic hydroxyl groups excluding tert-OH is 1. The van der Waals surface area contributed by atoms with Crippen molar-refractivity contribution in [1.29, 1.82) is 0 Å². The molecule has 0 saturated carbocycles. The van der Waals surface area contributed by atoms with Crippen molar-refractivity contribution in [3.63, 3.8) is 0 Å². The molecule has 80 valence electrons. The van der Waals surface area contributed by atoms with Crippen LogP contribution in [0.15, 0.2) is 0 Å². The first-order chi connectivity index (χ1) is 5.78. The number of rotatable bonds is 5. The van der Waals surface area contributed by atoms with Crippen molar-refractivity contribution in [3.8, 4) is 0 Å². The predicted octanol–water partition coefficient (Wildman–Crippen LogP) is 0.429. The fourth-order valence-corrected chi connectivity index (χ4v) is 2.47. The highest BCUT2D eigenvalue weighted by Crippen LogP contribution is 2.16. The Kier molecular flexibility index (Phi) is 4.35. The third-order valence-electron chi connectivity index (χ3n) is 2.12. The second kappa shape index (κ2) is 4.39. The van der Waals surface area contributed by atoms with Crippen LogP contribution in [0.2, 0.25) is 0 Å². The van der Waals surface area contributed by atoms with Gasteiger partial charge in [-0.3, -0.25) is 0 Å². The number of sulfonamides is 1. The molecule has 0 saturated heterocycles. The number of hydrogen-bond donors (Lipinski definition) is 1. The molecule has 0 aliphatic carbocycles. The second-order valence-corrected chi connectivity index (χ2v) is 5.87. The molecule has 5 heteroatoms. The van der Waals surface area contributed by atoms with Crippen LogP contribution < -0.4 is 0 Å². The Morgan fingerprint density at radius 2 is 1.85 bits per heavy atom. The average molecular weight is 209 g/mol. The lowest BCUT2D eigenvalue weighted by atomic mass is 10.1. The second-order valence-electron chi connectivity index (χ2n) is 3.75. The highest BCUT2D eigenvalue weighted by Gasteiger charge is 2.31. The summed E-state index contributed by atoms with van der Waals surface area (Å²) in [6.45, 7) is 5.03. The van der Waals surface area contributed by atoms with Gasteiger partial charge in [-0.2, -0.15) is 4.31 Å². The van der Waals surface area contributed by atoms with Crippen molar-refractivity contribution in [3.05, 3.63) is 0 Å². The van der Waals surface area contributed by atoms with Crippen molar-refractivity contribution < 1.29 is 13.5 Å². The van der Waals surface area contributed by atoms with Gasteiger partial charge in [0, 0.05) is 7.05 Å². The molecule has 4 nitrogen and oxygen atoms in total. The molecular weight excluding hydrogens is 190 g/mol. The first-order valence-electron chi connectivity index (χ1n) is 4.35. The SMILES string of the molecule is CCCS(=O)(=O)N(C)C(C)(C)CO. The molecule has 0 radical (unpaired) electrons. The molecule has 1 N–H and O–H groups in total. The van der Waals surface area contributed by atoms with E-state index < -0.39 is 15.6 Å². The van der Waals surface area contributed by atoms with Gasteiger partial charge in [-0.25, -0.2) is 8.42 Å². The Hall–Kier alpha value is -0.130. The van der Waals surface area contributed by atoms with E-state index in [1.54, 1.807) is 13.8 Å².